The summed E-state index contributed by atoms with van der Waals surface area (Å²) in [5, 5.41) is 3.31. The van der Waals surface area contributed by atoms with Gasteiger partial charge < -0.3 is 11.1 Å². The molecule has 1 aromatic carbocycles. The van der Waals surface area contributed by atoms with E-state index in [4.69, 9.17) is 5.73 Å². The van der Waals surface area contributed by atoms with Crippen LogP contribution in [0.2, 0.25) is 0 Å². The molecule has 0 radical (unpaired) electrons. The van der Waals surface area contributed by atoms with Gasteiger partial charge in [-0.05, 0) is 35.6 Å². The van der Waals surface area contributed by atoms with Gasteiger partial charge in [0.25, 0.3) is 0 Å². The quantitative estimate of drug-likeness (QED) is 0.840. The Morgan fingerprint density at radius 3 is 2.47 bits per heavy atom. The topological polar surface area (TPSA) is 38.0 Å². The van der Waals surface area contributed by atoms with Crippen LogP contribution in [-0.4, -0.2) is 13.1 Å². The molecule has 0 aliphatic carbocycles. The predicted molar refractivity (Wildman–Crippen MR) is 75.4 cm³/mol. The van der Waals surface area contributed by atoms with Gasteiger partial charge in [0.15, 0.2) is 0 Å². The number of nitrogens with one attached hydrogen (secondary N) is 1. The number of rotatable bonds is 4. The lowest BCUT2D eigenvalue weighted by molar-refractivity contribution is 0.581. The molecule has 0 aromatic heterocycles. The van der Waals surface area contributed by atoms with E-state index in [2.05, 4.69) is 58.1 Å². The maximum atomic E-state index is 6.23. The van der Waals surface area contributed by atoms with E-state index in [9.17, 15) is 0 Å². The largest absolute Gasteiger partial charge is 0.323 e. The van der Waals surface area contributed by atoms with Crippen molar-refractivity contribution in [2.24, 2.45) is 5.73 Å². The first-order valence-corrected chi connectivity index (χ1v) is 6.43. The Kier molecular flexibility index (Phi) is 4.72. The summed E-state index contributed by atoms with van der Waals surface area (Å²) in [5.74, 6) is 0. The van der Waals surface area contributed by atoms with Crippen molar-refractivity contribution in [2.45, 2.75) is 46.1 Å². The van der Waals surface area contributed by atoms with Crippen molar-refractivity contribution in [3.63, 3.8) is 0 Å². The number of benzene rings is 1. The second kappa shape index (κ2) is 5.65. The standard InChI is InChI=1S/C15H26N2/c1-6-17-10-14(16)13-9-12(15(3,4)5)8-7-11(13)2/h7-9,14,17H,6,10,16H2,1-5H3. The highest BCUT2D eigenvalue weighted by atomic mass is 14.9. The summed E-state index contributed by atoms with van der Waals surface area (Å²) in [5.41, 5.74) is 10.3. The molecule has 2 nitrogen and oxygen atoms in total. The Morgan fingerprint density at radius 2 is 1.94 bits per heavy atom. The fourth-order valence-corrected chi connectivity index (χ4v) is 1.92. The van der Waals surface area contributed by atoms with E-state index >= 15 is 0 Å². The summed E-state index contributed by atoms with van der Waals surface area (Å²) < 4.78 is 0. The van der Waals surface area contributed by atoms with Gasteiger partial charge in [-0.3, -0.25) is 0 Å². The van der Waals surface area contributed by atoms with Crippen LogP contribution in [0.1, 0.15) is 50.4 Å². The number of aryl methyl sites for hydroxylation is 1. The maximum absolute atomic E-state index is 6.23. The molecule has 1 atom stereocenters. The fourth-order valence-electron chi connectivity index (χ4n) is 1.92. The van der Waals surface area contributed by atoms with Crippen LogP contribution in [0, 0.1) is 6.92 Å². The van der Waals surface area contributed by atoms with Gasteiger partial charge in [-0.25, -0.2) is 0 Å². The zero-order chi connectivity index (χ0) is 13.1. The summed E-state index contributed by atoms with van der Waals surface area (Å²) in [6, 6.07) is 6.73. The molecular formula is C15H26N2. The van der Waals surface area contributed by atoms with Crippen molar-refractivity contribution in [1.29, 1.82) is 0 Å². The molecule has 17 heavy (non-hydrogen) atoms. The van der Waals surface area contributed by atoms with Gasteiger partial charge >= 0.3 is 0 Å². The van der Waals surface area contributed by atoms with Crippen molar-refractivity contribution >= 4 is 0 Å². The van der Waals surface area contributed by atoms with Crippen molar-refractivity contribution in [3.8, 4) is 0 Å². The molecule has 1 rings (SSSR count). The van der Waals surface area contributed by atoms with Gasteiger partial charge in [0.1, 0.15) is 0 Å². The molecule has 1 unspecified atom stereocenters. The summed E-state index contributed by atoms with van der Waals surface area (Å²) in [6.45, 7) is 12.7. The maximum Gasteiger partial charge on any atom is 0.0424 e. The van der Waals surface area contributed by atoms with Crippen molar-refractivity contribution in [1.82, 2.24) is 5.32 Å². The zero-order valence-corrected chi connectivity index (χ0v) is 11.8. The first kappa shape index (κ1) is 14.2. The van der Waals surface area contributed by atoms with Crippen LogP contribution in [0.4, 0.5) is 0 Å². The minimum Gasteiger partial charge on any atom is -0.323 e. The van der Waals surface area contributed by atoms with Gasteiger partial charge in [0, 0.05) is 12.6 Å². The molecule has 0 bridgehead atoms. The Morgan fingerprint density at radius 1 is 1.29 bits per heavy atom. The van der Waals surface area contributed by atoms with Crippen LogP contribution < -0.4 is 11.1 Å². The highest BCUT2D eigenvalue weighted by Crippen LogP contribution is 2.26. The van der Waals surface area contributed by atoms with Crippen LogP contribution >= 0.6 is 0 Å². The molecule has 0 aliphatic heterocycles. The number of likely N-dealkylation sites (N-methyl/N-ethyl adjacent to an activating group) is 1. The van der Waals surface area contributed by atoms with E-state index in [1.807, 2.05) is 0 Å². The van der Waals surface area contributed by atoms with E-state index in [0.717, 1.165) is 13.1 Å². The molecular weight excluding hydrogens is 208 g/mol. The lowest BCUT2D eigenvalue weighted by atomic mass is 9.84. The summed E-state index contributed by atoms with van der Waals surface area (Å²) in [7, 11) is 0. The SMILES string of the molecule is CCNCC(N)c1cc(C(C)(C)C)ccc1C. The third-order valence-corrected chi connectivity index (χ3v) is 3.16. The monoisotopic (exact) mass is 234 g/mol. The molecule has 0 spiro atoms. The summed E-state index contributed by atoms with van der Waals surface area (Å²) in [4.78, 5) is 0. The average molecular weight is 234 g/mol. The second-order valence-corrected chi connectivity index (χ2v) is 5.74. The summed E-state index contributed by atoms with van der Waals surface area (Å²) >= 11 is 0. The number of hydrogen-bond acceptors (Lipinski definition) is 2. The van der Waals surface area contributed by atoms with Gasteiger partial charge in [-0.2, -0.15) is 0 Å². The van der Waals surface area contributed by atoms with E-state index in [0.29, 0.717) is 0 Å². The lowest BCUT2D eigenvalue weighted by Gasteiger charge is -2.23. The molecule has 0 fully saturated rings. The van der Waals surface area contributed by atoms with Gasteiger partial charge in [0.2, 0.25) is 0 Å². The Hall–Kier alpha value is -0.860. The van der Waals surface area contributed by atoms with Crippen LogP contribution in [0.25, 0.3) is 0 Å². The van der Waals surface area contributed by atoms with E-state index in [1.165, 1.54) is 16.7 Å². The minimum atomic E-state index is 0.0808. The third-order valence-electron chi connectivity index (χ3n) is 3.16. The highest BCUT2D eigenvalue weighted by Gasteiger charge is 2.16. The van der Waals surface area contributed by atoms with Gasteiger partial charge in [0.05, 0.1) is 0 Å². The zero-order valence-electron chi connectivity index (χ0n) is 11.8. The van der Waals surface area contributed by atoms with Crippen LogP contribution in [0.15, 0.2) is 18.2 Å². The number of hydrogen-bond donors (Lipinski definition) is 2. The molecule has 2 heteroatoms. The number of nitrogens with two attached hydrogens (primary N) is 1. The van der Waals surface area contributed by atoms with Crippen molar-refractivity contribution in [2.75, 3.05) is 13.1 Å². The Balaban J connectivity index is 2.98. The van der Waals surface area contributed by atoms with E-state index in [-0.39, 0.29) is 11.5 Å². The molecule has 3 N–H and O–H groups in total. The molecule has 0 heterocycles. The average Bonchev–Trinajstić information content (AvgIpc) is 2.24. The van der Waals surface area contributed by atoms with E-state index < -0.39 is 0 Å². The lowest BCUT2D eigenvalue weighted by Crippen LogP contribution is -2.27. The molecule has 96 valence electrons. The van der Waals surface area contributed by atoms with Gasteiger partial charge in [-0.15, -0.1) is 0 Å². The Labute approximate surface area is 106 Å². The highest BCUT2D eigenvalue weighted by molar-refractivity contribution is 5.36. The van der Waals surface area contributed by atoms with Crippen molar-refractivity contribution < 1.29 is 0 Å². The van der Waals surface area contributed by atoms with Crippen LogP contribution in [0.3, 0.4) is 0 Å². The summed E-state index contributed by atoms with van der Waals surface area (Å²) in [6.07, 6.45) is 0. The van der Waals surface area contributed by atoms with Crippen LogP contribution in [0.5, 0.6) is 0 Å². The first-order valence-electron chi connectivity index (χ1n) is 6.43. The third kappa shape index (κ3) is 3.83. The Bertz CT molecular complexity index is 364. The second-order valence-electron chi connectivity index (χ2n) is 5.74. The van der Waals surface area contributed by atoms with Gasteiger partial charge in [-0.1, -0.05) is 45.9 Å². The molecule has 0 saturated heterocycles. The first-order chi connectivity index (χ1) is 7.86. The molecule has 1 aromatic rings. The minimum absolute atomic E-state index is 0.0808. The predicted octanol–water partition coefficient (Wildman–Crippen LogP) is 2.90. The fraction of sp³-hybridized carbons (Fsp3) is 0.600. The normalized spacial score (nSPS) is 13.8. The van der Waals surface area contributed by atoms with Crippen molar-refractivity contribution in [3.05, 3.63) is 34.9 Å². The van der Waals surface area contributed by atoms with E-state index in [1.54, 1.807) is 0 Å². The molecule has 0 amide bonds. The smallest absolute Gasteiger partial charge is 0.0424 e. The molecule has 0 aliphatic rings. The van der Waals surface area contributed by atoms with Crippen LogP contribution in [-0.2, 0) is 5.41 Å². The molecule has 0 saturated carbocycles.